The average molecular weight is 506 g/mol. The number of nitrogens with one attached hydrogen (secondary N) is 1. The number of alkyl halides is 3. The van der Waals surface area contributed by atoms with E-state index in [0.29, 0.717) is 31.8 Å². The molecule has 0 radical (unpaired) electrons. The molecule has 4 rings (SSSR count). The van der Waals surface area contributed by atoms with Crippen LogP contribution >= 0.6 is 0 Å². The highest BCUT2D eigenvalue weighted by Crippen LogP contribution is 2.33. The van der Waals surface area contributed by atoms with Crippen molar-refractivity contribution in [1.29, 1.82) is 0 Å². The maximum absolute atomic E-state index is 13.6. The van der Waals surface area contributed by atoms with Gasteiger partial charge in [0.2, 0.25) is 10.0 Å². The highest BCUT2D eigenvalue weighted by atomic mass is 32.2. The number of carbonyl (C=O) groups is 1. The van der Waals surface area contributed by atoms with Crippen molar-refractivity contribution in [2.75, 3.05) is 32.7 Å². The Balaban J connectivity index is 1.25. The van der Waals surface area contributed by atoms with Gasteiger partial charge in [0.15, 0.2) is 0 Å². The molecule has 0 spiro atoms. The summed E-state index contributed by atoms with van der Waals surface area (Å²) in [4.78, 5) is 14.6. The number of likely N-dealkylation sites (tertiary alicyclic amines) is 1. The topological polar surface area (TPSA) is 69.7 Å². The SMILES string of the molecule is O=C(NCC1CCN(CC2CCCN2S(=O)(=O)C2CCC2)CC1)c1cc(F)cc(C(F)(F)F)c1. The summed E-state index contributed by atoms with van der Waals surface area (Å²) in [7, 11) is -3.21. The fraction of sp³-hybridized carbons (Fsp3) is 0.696. The number of benzene rings is 1. The van der Waals surface area contributed by atoms with Gasteiger partial charge < -0.3 is 10.2 Å². The van der Waals surface area contributed by atoms with E-state index >= 15 is 0 Å². The largest absolute Gasteiger partial charge is 0.416 e. The van der Waals surface area contributed by atoms with Gasteiger partial charge in [-0.3, -0.25) is 4.79 Å². The number of sulfonamides is 1. The third-order valence-electron chi connectivity index (χ3n) is 7.34. The fourth-order valence-corrected chi connectivity index (χ4v) is 7.36. The second kappa shape index (κ2) is 10.1. The van der Waals surface area contributed by atoms with E-state index in [-0.39, 0.29) is 22.8 Å². The quantitative estimate of drug-likeness (QED) is 0.575. The predicted octanol–water partition coefficient (Wildman–Crippen LogP) is 3.63. The number of hydrogen-bond acceptors (Lipinski definition) is 4. The van der Waals surface area contributed by atoms with Gasteiger partial charge in [-0.15, -0.1) is 0 Å². The number of amides is 1. The van der Waals surface area contributed by atoms with Crippen molar-refractivity contribution >= 4 is 15.9 Å². The van der Waals surface area contributed by atoms with Crippen LogP contribution in [-0.4, -0.2) is 67.5 Å². The van der Waals surface area contributed by atoms with E-state index in [1.807, 2.05) is 0 Å². The molecule has 190 valence electrons. The summed E-state index contributed by atoms with van der Waals surface area (Å²) in [5.74, 6) is -1.67. The number of nitrogens with zero attached hydrogens (tertiary/aromatic N) is 2. The van der Waals surface area contributed by atoms with E-state index in [0.717, 1.165) is 64.1 Å². The fourth-order valence-electron chi connectivity index (χ4n) is 5.08. The minimum absolute atomic E-state index is 0.0117. The first-order chi connectivity index (χ1) is 16.0. The van der Waals surface area contributed by atoms with E-state index in [4.69, 9.17) is 0 Å². The van der Waals surface area contributed by atoms with Crippen molar-refractivity contribution in [1.82, 2.24) is 14.5 Å². The zero-order valence-electron chi connectivity index (χ0n) is 19.0. The van der Waals surface area contributed by atoms with Gasteiger partial charge in [-0.05, 0) is 75.7 Å². The number of carbonyl (C=O) groups excluding carboxylic acids is 1. The first kappa shape index (κ1) is 25.4. The van der Waals surface area contributed by atoms with E-state index in [9.17, 15) is 30.8 Å². The Morgan fingerprint density at radius 1 is 1.00 bits per heavy atom. The number of piperidine rings is 1. The van der Waals surface area contributed by atoms with Crippen LogP contribution in [0.1, 0.15) is 60.9 Å². The molecule has 1 saturated carbocycles. The minimum atomic E-state index is -4.73. The van der Waals surface area contributed by atoms with Crippen molar-refractivity contribution in [2.45, 2.75) is 62.4 Å². The summed E-state index contributed by atoms with van der Waals surface area (Å²) >= 11 is 0. The van der Waals surface area contributed by atoms with Crippen LogP contribution in [0.2, 0.25) is 0 Å². The molecule has 1 amide bonds. The standard InChI is InChI=1S/C23H31F4N3O3S/c24-19-12-17(11-18(13-19)23(25,26)27)22(31)28-14-16-6-9-29(10-7-16)15-20-3-2-8-30(20)34(32,33)21-4-1-5-21/h11-13,16,20-21H,1-10,14-15H2,(H,28,31). The normalized spacial score (nSPS) is 23.7. The maximum Gasteiger partial charge on any atom is 0.416 e. The van der Waals surface area contributed by atoms with Gasteiger partial charge in [0.1, 0.15) is 5.82 Å². The van der Waals surface area contributed by atoms with Crippen LogP contribution in [0.5, 0.6) is 0 Å². The third kappa shape index (κ3) is 5.73. The molecular formula is C23H31F4N3O3S. The number of hydrogen-bond donors (Lipinski definition) is 1. The van der Waals surface area contributed by atoms with Gasteiger partial charge in [-0.2, -0.15) is 17.5 Å². The Bertz CT molecular complexity index is 990. The Hall–Kier alpha value is -1.72. The zero-order valence-corrected chi connectivity index (χ0v) is 19.8. The van der Waals surface area contributed by atoms with Gasteiger partial charge in [-0.1, -0.05) is 6.42 Å². The van der Waals surface area contributed by atoms with Crippen molar-refractivity contribution in [3.8, 4) is 0 Å². The molecule has 34 heavy (non-hydrogen) atoms. The van der Waals surface area contributed by atoms with Crippen molar-refractivity contribution in [2.24, 2.45) is 5.92 Å². The number of halogens is 4. The molecule has 0 aromatic heterocycles. The van der Waals surface area contributed by atoms with Crippen molar-refractivity contribution < 1.29 is 30.8 Å². The summed E-state index contributed by atoms with van der Waals surface area (Å²) in [6, 6.07) is 1.84. The van der Waals surface area contributed by atoms with Crippen LogP contribution in [0.25, 0.3) is 0 Å². The van der Waals surface area contributed by atoms with Gasteiger partial charge in [0, 0.05) is 31.2 Å². The Morgan fingerprint density at radius 2 is 1.71 bits per heavy atom. The van der Waals surface area contributed by atoms with Crippen LogP contribution in [0.15, 0.2) is 18.2 Å². The van der Waals surface area contributed by atoms with E-state index in [1.165, 1.54) is 0 Å². The number of rotatable bonds is 7. The summed E-state index contributed by atoms with van der Waals surface area (Å²) in [5.41, 5.74) is -1.54. The highest BCUT2D eigenvalue weighted by Gasteiger charge is 2.42. The molecule has 3 fully saturated rings. The lowest BCUT2D eigenvalue weighted by Crippen LogP contribution is -2.49. The molecule has 11 heteroatoms. The molecule has 1 N–H and O–H groups in total. The van der Waals surface area contributed by atoms with Gasteiger partial charge >= 0.3 is 6.18 Å². The second-order valence-corrected chi connectivity index (χ2v) is 11.9. The average Bonchev–Trinajstić information content (AvgIpc) is 3.19. The molecule has 3 aliphatic rings. The molecule has 2 heterocycles. The van der Waals surface area contributed by atoms with Gasteiger partial charge in [-0.25, -0.2) is 12.8 Å². The summed E-state index contributed by atoms with van der Waals surface area (Å²) in [5, 5.41) is 2.42. The second-order valence-electron chi connectivity index (χ2n) is 9.68. The Morgan fingerprint density at radius 3 is 2.32 bits per heavy atom. The maximum atomic E-state index is 13.6. The molecule has 6 nitrogen and oxygen atoms in total. The predicted molar refractivity (Wildman–Crippen MR) is 119 cm³/mol. The van der Waals surface area contributed by atoms with Gasteiger partial charge in [0.05, 0.1) is 10.8 Å². The molecule has 1 unspecified atom stereocenters. The molecule has 0 bridgehead atoms. The van der Waals surface area contributed by atoms with Crippen LogP contribution in [0, 0.1) is 11.7 Å². The molecule has 1 atom stereocenters. The Labute approximate surface area is 197 Å². The van der Waals surface area contributed by atoms with E-state index in [1.54, 1.807) is 4.31 Å². The van der Waals surface area contributed by atoms with Crippen LogP contribution in [0.4, 0.5) is 17.6 Å². The first-order valence-electron chi connectivity index (χ1n) is 11.9. The van der Waals surface area contributed by atoms with Crippen LogP contribution in [0.3, 0.4) is 0 Å². The lowest BCUT2D eigenvalue weighted by molar-refractivity contribution is -0.137. The van der Waals surface area contributed by atoms with Crippen LogP contribution < -0.4 is 5.32 Å². The van der Waals surface area contributed by atoms with Gasteiger partial charge in [0.25, 0.3) is 5.91 Å². The molecule has 2 saturated heterocycles. The van der Waals surface area contributed by atoms with Crippen molar-refractivity contribution in [3.63, 3.8) is 0 Å². The monoisotopic (exact) mass is 505 g/mol. The smallest absolute Gasteiger partial charge is 0.352 e. The Kier molecular flexibility index (Phi) is 7.54. The molecule has 2 aliphatic heterocycles. The molecular weight excluding hydrogens is 474 g/mol. The minimum Gasteiger partial charge on any atom is -0.352 e. The summed E-state index contributed by atoms with van der Waals surface area (Å²) in [6.07, 6.45) is 1.11. The van der Waals surface area contributed by atoms with Crippen LogP contribution in [-0.2, 0) is 16.2 Å². The van der Waals surface area contributed by atoms with Crippen molar-refractivity contribution in [3.05, 3.63) is 35.1 Å². The third-order valence-corrected chi connectivity index (χ3v) is 9.79. The lowest BCUT2D eigenvalue weighted by Gasteiger charge is -2.37. The molecule has 1 aliphatic carbocycles. The zero-order chi connectivity index (χ0) is 24.5. The first-order valence-corrected chi connectivity index (χ1v) is 13.4. The molecule has 1 aromatic rings. The lowest BCUT2D eigenvalue weighted by atomic mass is 9.96. The highest BCUT2D eigenvalue weighted by molar-refractivity contribution is 7.89. The van der Waals surface area contributed by atoms with E-state index in [2.05, 4.69) is 10.2 Å². The van der Waals surface area contributed by atoms with E-state index < -0.39 is 33.5 Å². The summed E-state index contributed by atoms with van der Waals surface area (Å²) in [6.45, 7) is 3.14. The summed E-state index contributed by atoms with van der Waals surface area (Å²) < 4.78 is 79.7. The molecule has 1 aromatic carbocycles.